The number of likely N-dealkylation sites (N-methyl/N-ethyl adjacent to an activating group) is 2. The Morgan fingerprint density at radius 2 is 1.93 bits per heavy atom. The van der Waals surface area contributed by atoms with Crippen molar-refractivity contribution < 1.29 is 9.53 Å². The number of carbonyl (C=O) groups excluding carboxylic acids is 1. The summed E-state index contributed by atoms with van der Waals surface area (Å²) in [5.74, 6) is 0.749. The minimum Gasteiger partial charge on any atom is -0.494 e. The molecule has 6 heteroatoms. The van der Waals surface area contributed by atoms with Crippen LogP contribution in [0, 0.1) is 6.92 Å². The Labute approximate surface area is 172 Å². The zero-order valence-electron chi connectivity index (χ0n) is 16.7. The maximum atomic E-state index is 12.7. The first kappa shape index (κ1) is 21.7. The van der Waals surface area contributed by atoms with Crippen LogP contribution in [0.4, 0.5) is 0 Å². The van der Waals surface area contributed by atoms with Crippen molar-refractivity contribution in [2.24, 2.45) is 0 Å². The van der Waals surface area contributed by atoms with Gasteiger partial charge in [-0.2, -0.15) is 0 Å². The van der Waals surface area contributed by atoms with Crippen LogP contribution in [0.5, 0.6) is 5.75 Å². The zero-order valence-corrected chi connectivity index (χ0v) is 17.5. The van der Waals surface area contributed by atoms with Crippen molar-refractivity contribution in [3.05, 3.63) is 59.7 Å². The number of halogens is 1. The van der Waals surface area contributed by atoms with Gasteiger partial charge in [-0.1, -0.05) is 24.3 Å². The van der Waals surface area contributed by atoms with E-state index in [1.54, 1.807) is 12.0 Å². The highest BCUT2D eigenvalue weighted by Gasteiger charge is 2.14. The van der Waals surface area contributed by atoms with Crippen LogP contribution in [-0.2, 0) is 0 Å². The molecule has 3 rings (SSSR count). The standard InChI is InChI=1S/C22H25N3O2.ClH/c1-15-13-19(24-21-18(15)9-6-10-20(21)27-4)16-7-5-8-17(14-16)22(26)25(3)12-11-23-2;/h5-10,13-14,23H,11-12H2,1-4H3;1H. The average molecular weight is 400 g/mol. The average Bonchev–Trinajstić information content (AvgIpc) is 2.71. The van der Waals surface area contributed by atoms with Gasteiger partial charge in [0.25, 0.3) is 5.91 Å². The maximum absolute atomic E-state index is 12.7. The number of hydrogen-bond acceptors (Lipinski definition) is 4. The molecule has 0 radical (unpaired) electrons. The van der Waals surface area contributed by atoms with Gasteiger partial charge in [0, 0.05) is 36.7 Å². The van der Waals surface area contributed by atoms with Gasteiger partial charge < -0.3 is 15.0 Å². The molecule has 1 heterocycles. The highest BCUT2D eigenvalue weighted by molar-refractivity contribution is 5.95. The van der Waals surface area contributed by atoms with E-state index in [1.165, 1.54) is 0 Å². The van der Waals surface area contributed by atoms with Crippen LogP contribution >= 0.6 is 12.4 Å². The number of rotatable bonds is 6. The minimum atomic E-state index is 0. The molecule has 0 spiro atoms. The summed E-state index contributed by atoms with van der Waals surface area (Å²) in [6.45, 7) is 3.48. The van der Waals surface area contributed by atoms with Gasteiger partial charge in [0.15, 0.2) is 0 Å². The number of aryl methyl sites for hydroxylation is 1. The lowest BCUT2D eigenvalue weighted by molar-refractivity contribution is 0.0797. The SMILES string of the molecule is CNCCN(C)C(=O)c1cccc(-c2cc(C)c3cccc(OC)c3n2)c1.Cl. The van der Waals surface area contributed by atoms with Gasteiger partial charge in [0.1, 0.15) is 11.3 Å². The Balaban J connectivity index is 0.00000280. The number of nitrogens with one attached hydrogen (secondary N) is 1. The molecule has 28 heavy (non-hydrogen) atoms. The van der Waals surface area contributed by atoms with Gasteiger partial charge in [-0.3, -0.25) is 4.79 Å². The Bertz CT molecular complexity index is 975. The van der Waals surface area contributed by atoms with Crippen molar-refractivity contribution >= 4 is 29.2 Å². The molecule has 0 unspecified atom stereocenters. The van der Waals surface area contributed by atoms with E-state index in [1.807, 2.05) is 56.6 Å². The third kappa shape index (κ3) is 4.43. The Hall–Kier alpha value is -2.63. The highest BCUT2D eigenvalue weighted by Crippen LogP contribution is 2.30. The van der Waals surface area contributed by atoms with Crippen LogP contribution in [0.25, 0.3) is 22.2 Å². The van der Waals surface area contributed by atoms with E-state index in [0.717, 1.165) is 40.0 Å². The summed E-state index contributed by atoms with van der Waals surface area (Å²) < 4.78 is 5.48. The first-order valence-electron chi connectivity index (χ1n) is 9.00. The summed E-state index contributed by atoms with van der Waals surface area (Å²) in [6.07, 6.45) is 0. The largest absolute Gasteiger partial charge is 0.494 e. The fourth-order valence-electron chi connectivity index (χ4n) is 3.12. The van der Waals surface area contributed by atoms with Gasteiger partial charge in [-0.15, -0.1) is 12.4 Å². The minimum absolute atomic E-state index is 0. The number of nitrogens with zero attached hydrogens (tertiary/aromatic N) is 2. The highest BCUT2D eigenvalue weighted by atomic mass is 35.5. The Kier molecular flexibility index (Phi) is 7.38. The van der Waals surface area contributed by atoms with Crippen LogP contribution in [0.3, 0.4) is 0 Å². The summed E-state index contributed by atoms with van der Waals surface area (Å²) in [6, 6.07) is 15.6. The lowest BCUT2D eigenvalue weighted by Crippen LogP contribution is -2.32. The topological polar surface area (TPSA) is 54.5 Å². The Morgan fingerprint density at radius 1 is 1.18 bits per heavy atom. The van der Waals surface area contributed by atoms with E-state index >= 15 is 0 Å². The quantitative estimate of drug-likeness (QED) is 0.682. The zero-order chi connectivity index (χ0) is 19.4. The number of methoxy groups -OCH3 is 1. The van der Waals surface area contributed by atoms with Gasteiger partial charge in [-0.25, -0.2) is 4.98 Å². The molecular weight excluding hydrogens is 374 g/mol. The molecule has 1 amide bonds. The van der Waals surface area contributed by atoms with E-state index in [0.29, 0.717) is 12.1 Å². The van der Waals surface area contributed by atoms with E-state index in [9.17, 15) is 4.79 Å². The smallest absolute Gasteiger partial charge is 0.253 e. The summed E-state index contributed by atoms with van der Waals surface area (Å²) in [5, 5.41) is 4.13. The molecule has 0 saturated heterocycles. The van der Waals surface area contributed by atoms with Crippen molar-refractivity contribution in [2.45, 2.75) is 6.92 Å². The number of ether oxygens (including phenoxy) is 1. The number of para-hydroxylation sites is 1. The Morgan fingerprint density at radius 3 is 2.64 bits per heavy atom. The fraction of sp³-hybridized carbons (Fsp3) is 0.273. The molecule has 0 saturated carbocycles. The summed E-state index contributed by atoms with van der Waals surface area (Å²) in [7, 11) is 5.34. The number of fused-ring (bicyclic) bond motifs is 1. The number of benzene rings is 2. The monoisotopic (exact) mass is 399 g/mol. The summed E-state index contributed by atoms with van der Waals surface area (Å²) >= 11 is 0. The number of hydrogen-bond donors (Lipinski definition) is 1. The van der Waals surface area contributed by atoms with Gasteiger partial charge in [0.2, 0.25) is 0 Å². The molecule has 0 aliphatic heterocycles. The predicted octanol–water partition coefficient (Wildman–Crippen LogP) is 3.93. The van der Waals surface area contributed by atoms with Crippen LogP contribution in [0.1, 0.15) is 15.9 Å². The van der Waals surface area contributed by atoms with E-state index in [2.05, 4.69) is 18.3 Å². The predicted molar refractivity (Wildman–Crippen MR) is 117 cm³/mol. The number of pyridine rings is 1. The van der Waals surface area contributed by atoms with Gasteiger partial charge in [0.05, 0.1) is 12.8 Å². The molecule has 148 valence electrons. The van der Waals surface area contributed by atoms with Crippen LogP contribution in [0.15, 0.2) is 48.5 Å². The summed E-state index contributed by atoms with van der Waals surface area (Å²) in [5.41, 5.74) is 4.36. The van der Waals surface area contributed by atoms with Crippen molar-refractivity contribution in [3.63, 3.8) is 0 Å². The fourth-order valence-corrected chi connectivity index (χ4v) is 3.12. The second-order valence-corrected chi connectivity index (χ2v) is 6.59. The molecule has 0 fully saturated rings. The van der Waals surface area contributed by atoms with Crippen molar-refractivity contribution in [1.82, 2.24) is 15.2 Å². The van der Waals surface area contributed by atoms with Gasteiger partial charge >= 0.3 is 0 Å². The molecule has 2 aromatic carbocycles. The van der Waals surface area contributed by atoms with E-state index in [-0.39, 0.29) is 18.3 Å². The molecule has 0 atom stereocenters. The van der Waals surface area contributed by atoms with E-state index < -0.39 is 0 Å². The molecule has 1 N–H and O–H groups in total. The number of carbonyl (C=O) groups is 1. The molecule has 3 aromatic rings. The number of aromatic nitrogens is 1. The lowest BCUT2D eigenvalue weighted by Gasteiger charge is -2.17. The number of amides is 1. The van der Waals surface area contributed by atoms with Crippen LogP contribution in [0.2, 0.25) is 0 Å². The van der Waals surface area contributed by atoms with Crippen molar-refractivity contribution in [2.75, 3.05) is 34.3 Å². The third-order valence-corrected chi connectivity index (χ3v) is 4.68. The second-order valence-electron chi connectivity index (χ2n) is 6.59. The van der Waals surface area contributed by atoms with Crippen LogP contribution in [-0.4, -0.2) is 50.1 Å². The van der Waals surface area contributed by atoms with Crippen molar-refractivity contribution in [3.8, 4) is 17.0 Å². The molecule has 5 nitrogen and oxygen atoms in total. The molecule has 0 aliphatic rings. The van der Waals surface area contributed by atoms with Gasteiger partial charge in [-0.05, 0) is 43.8 Å². The third-order valence-electron chi connectivity index (χ3n) is 4.68. The molecule has 0 aliphatic carbocycles. The molecular formula is C22H26ClN3O2. The van der Waals surface area contributed by atoms with E-state index in [4.69, 9.17) is 9.72 Å². The maximum Gasteiger partial charge on any atom is 0.253 e. The van der Waals surface area contributed by atoms with Crippen molar-refractivity contribution in [1.29, 1.82) is 0 Å². The van der Waals surface area contributed by atoms with Crippen LogP contribution < -0.4 is 10.1 Å². The second kappa shape index (κ2) is 9.53. The lowest BCUT2D eigenvalue weighted by atomic mass is 10.0. The first-order chi connectivity index (χ1) is 13.0. The molecule has 0 bridgehead atoms. The normalized spacial score (nSPS) is 10.4. The molecule has 1 aromatic heterocycles. The summed E-state index contributed by atoms with van der Waals surface area (Å²) in [4.78, 5) is 19.2. The first-order valence-corrected chi connectivity index (χ1v) is 9.00.